The van der Waals surface area contributed by atoms with Crippen molar-refractivity contribution < 1.29 is 66.7 Å². The summed E-state index contributed by atoms with van der Waals surface area (Å²) in [5, 5.41) is -33.2. The first-order valence-corrected chi connectivity index (χ1v) is 91.3. The maximum absolute atomic E-state index is 9.50. The molecule has 0 saturated carbocycles. The normalized spacial score (nSPS) is 20.2. The monoisotopic (exact) mass is 2170 g/mol. The molecule has 0 amide bonds. The topological polar surface area (TPSA) is 60.7 Å². The van der Waals surface area contributed by atoms with Crippen LogP contribution in [0, 0.1) is 0 Å². The molecule has 1 rings (SSSR count). The van der Waals surface area contributed by atoms with Gasteiger partial charge in [0, 0.05) is 119 Å². The molecule has 72 heavy (non-hydrogen) atoms. The van der Waals surface area contributed by atoms with Gasteiger partial charge in [0.25, 0.3) is 0 Å². The number of aliphatic hydroxyl groups is 3. The number of hydrogen-bond acceptors (Lipinski definition) is 41. The third-order valence-electron chi connectivity index (χ3n) is 6.51. The molecule has 62 heteroatoms. The number of aliphatic hydroxyl groups excluding tert-OH is 3. The second-order valence-corrected chi connectivity index (χ2v) is 213. The van der Waals surface area contributed by atoms with Crippen molar-refractivity contribution >= 4 is 546 Å². The molecule has 0 fully saturated rings. The molecule has 0 radical (unpaired) electrons. The molecular weight excluding hydrogens is 2160 g/mol. The molecular formula is C10H14IKO3S57. The van der Waals surface area contributed by atoms with Gasteiger partial charge in [0.2, 0.25) is 0 Å². The fourth-order valence-electron chi connectivity index (χ4n) is 3.19. The van der Waals surface area contributed by atoms with Gasteiger partial charge in [-0.1, -0.05) is 29.4 Å². The number of hydrogen-bond donors (Lipinski definition) is 3. The summed E-state index contributed by atoms with van der Waals surface area (Å²) in [5.74, 6) is 0.0454. The van der Waals surface area contributed by atoms with E-state index in [1.807, 2.05) is 0 Å². The van der Waals surface area contributed by atoms with E-state index in [4.69, 9.17) is 426 Å². The fraction of sp³-hybridized carbons (Fsp3) is 0.400. The molecule has 3 atom stereocenters. The van der Waals surface area contributed by atoms with Crippen molar-refractivity contribution in [1.29, 1.82) is 0 Å². The molecule has 0 bridgehead atoms. The summed E-state index contributed by atoms with van der Waals surface area (Å²) in [6, 6.07) is 0. The van der Waals surface area contributed by atoms with E-state index in [0.29, 0.717) is 11.1 Å². The Bertz CT molecular complexity index is 4630. The molecule has 0 heterocycles. The van der Waals surface area contributed by atoms with E-state index >= 15 is 0 Å². The first kappa shape index (κ1) is 90.5. The predicted molar refractivity (Wildman–Crippen MR) is 484 cm³/mol. The molecule has 3 N–H and O–H groups in total. The van der Waals surface area contributed by atoms with Crippen LogP contribution in [0.15, 0.2) is 35.1 Å². The summed E-state index contributed by atoms with van der Waals surface area (Å²) in [5.41, 5.74) is 0.965. The summed E-state index contributed by atoms with van der Waals surface area (Å²) >= 11 is 225. The van der Waals surface area contributed by atoms with Crippen molar-refractivity contribution in [2.75, 3.05) is 0 Å². The number of rotatable bonds is 18. The van der Waals surface area contributed by atoms with Crippen molar-refractivity contribution in [3.63, 3.8) is 0 Å². The van der Waals surface area contributed by atoms with Crippen LogP contribution in [0.2, 0.25) is 0 Å². The van der Waals surface area contributed by atoms with Crippen LogP contribution in [-0.4, -0.2) is 27.5 Å². The van der Waals surface area contributed by atoms with Gasteiger partial charge in [-0.3, -0.25) is 0 Å². The van der Waals surface area contributed by atoms with E-state index in [-0.39, 0.29) is 57.1 Å². The Morgan fingerprint density at radius 1 is 0.431 bits per heavy atom. The quantitative estimate of drug-likeness (QED) is 0.0294. The van der Waals surface area contributed by atoms with Gasteiger partial charge in [-0.25, -0.2) is 0 Å². The van der Waals surface area contributed by atoms with Gasteiger partial charge >= 0.3 is 51.4 Å². The zero-order valence-electron chi connectivity index (χ0n) is 32.4. The van der Waals surface area contributed by atoms with Gasteiger partial charge < -0.3 is 27.0 Å². The predicted octanol–water partition coefficient (Wildman–Crippen LogP) is -1.19. The molecule has 0 aromatic heterocycles. The SMILES string of the molecule is CC=C1/C(=C(\C)O)C(O)C=CC1O.S=S([S-])S(=S)(=S)S(=S)(=S)S(=S)(=S)S(=S)(=S)S(=S)(=S)S(=S)(=S)S(=S)(=S)S(=S)(=S)S(=S)(=S)S(=S)(=S)S(=S)(=S)S(=S)(=S)S(=S)(=S)S(=S)(=S)S(=S)(=S)S(=S)(=S)S(=S)(=S)S(=S)(=S)I.[K+]. The van der Waals surface area contributed by atoms with Crippen LogP contribution >= 0.6 is 21.2 Å². The van der Waals surface area contributed by atoms with Gasteiger partial charge in [0.1, 0.15) is 6.10 Å². The Labute approximate surface area is 654 Å². The number of allylic oxidation sites excluding steroid dienone is 2. The minimum Gasteiger partial charge on any atom is -0.700 e. The van der Waals surface area contributed by atoms with Crippen LogP contribution in [0.4, 0.5) is 0 Å². The summed E-state index contributed by atoms with van der Waals surface area (Å²) in [7, 11) is -1.51. The number of halogens is 1. The van der Waals surface area contributed by atoms with Gasteiger partial charge in [-0.05, 0) is 422 Å². The van der Waals surface area contributed by atoms with Crippen LogP contribution in [0.25, 0.3) is 0 Å². The Morgan fingerprint density at radius 2 is 0.611 bits per heavy atom. The van der Waals surface area contributed by atoms with E-state index in [1.165, 1.54) is 19.1 Å². The molecule has 1 aliphatic carbocycles. The average Bonchev–Trinajstić information content (AvgIpc) is 3.16. The van der Waals surface area contributed by atoms with Crippen LogP contribution in [-0.2, 0) is 525 Å². The van der Waals surface area contributed by atoms with Crippen molar-refractivity contribution in [2.45, 2.75) is 26.1 Å². The van der Waals surface area contributed by atoms with Crippen molar-refractivity contribution in [2.24, 2.45) is 0 Å². The third-order valence-corrected chi connectivity index (χ3v) is 367. The zero-order chi connectivity index (χ0) is 58.6. The van der Waals surface area contributed by atoms with Gasteiger partial charge in [-0.15, -0.1) is 0 Å². The third kappa shape index (κ3) is 16.0. The van der Waals surface area contributed by atoms with E-state index in [0.717, 1.165) is 0 Å². The minimum atomic E-state index is -3.86. The molecule has 422 valence electrons. The summed E-state index contributed by atoms with van der Waals surface area (Å²) in [6.07, 6.45) is 3.11. The van der Waals surface area contributed by atoms with Gasteiger partial charge in [0.15, 0.2) is 0 Å². The summed E-state index contributed by atoms with van der Waals surface area (Å²) < 4.78 is -2.66. The fourth-order valence-corrected chi connectivity index (χ4v) is 424. The largest absolute Gasteiger partial charge is 1.00 e. The minimum absolute atomic E-state index is 0. The molecule has 1 aliphatic rings. The van der Waals surface area contributed by atoms with E-state index in [9.17, 15) is 15.3 Å². The van der Waals surface area contributed by atoms with Crippen molar-refractivity contribution in [3.8, 4) is 0 Å². The molecule has 0 aliphatic heterocycles. The van der Waals surface area contributed by atoms with E-state index < -0.39 is 112 Å². The van der Waals surface area contributed by atoms with Gasteiger partial charge in [-0.2, -0.15) is 7.52 Å². The second-order valence-electron chi connectivity index (χ2n) is 10.6. The Kier molecular flexibility index (Phi) is 38.8. The smallest absolute Gasteiger partial charge is 0.700 e. The van der Waals surface area contributed by atoms with Crippen molar-refractivity contribution in [3.05, 3.63) is 35.1 Å². The first-order valence-electron chi connectivity index (χ1n) is 13.7. The average molecular weight is 2180 g/mol. The maximum Gasteiger partial charge on any atom is 1.00 e. The van der Waals surface area contributed by atoms with E-state index in [1.54, 1.807) is 34.2 Å². The molecule has 3 nitrogen and oxygen atoms in total. The Morgan fingerprint density at radius 3 is 0.764 bits per heavy atom. The van der Waals surface area contributed by atoms with Crippen LogP contribution in [0.1, 0.15) is 13.8 Å². The summed E-state index contributed by atoms with van der Waals surface area (Å²) in [4.78, 5) is 0. The Hall–Kier alpha value is 16.4. The summed E-state index contributed by atoms with van der Waals surface area (Å²) in [6.45, 7) is 3.25. The molecule has 3 unspecified atom stereocenters. The maximum atomic E-state index is 9.50. The standard InChI is InChI=1S/C10H14O3.HIS57.K/c1-3-7-8(12)4-5-9(13)10(7)6(2)11;1-41(4,5)43(8,9)45(12,13)47(16,17)49(20,21)51(24,25)53(28,29)55(32,33)57(36,37)58(38,39)56(34,35)54(30,31)52(26,27)50(22,23)48(18,19)46(14,15)44(10,11)42(6,7)40(2)3;/h3-5,8-9,11-13H,1-2H3;(H,2,3);/q;;+1/p-1/b7-3?,10-6-;;. The zero-order valence-corrected chi connectivity index (χ0v) is 84.2. The van der Waals surface area contributed by atoms with Crippen LogP contribution in [0.5, 0.6) is 0 Å². The first-order chi connectivity index (χ1) is 30.3. The van der Waals surface area contributed by atoms with E-state index in [2.05, 4.69) is 0 Å². The second kappa shape index (κ2) is 30.9. The molecule has 0 spiro atoms. The van der Waals surface area contributed by atoms with Crippen LogP contribution < -0.4 is 51.4 Å². The molecule has 0 aromatic rings. The van der Waals surface area contributed by atoms with Gasteiger partial charge in [0.05, 0.1) is 11.9 Å². The molecule has 0 aromatic carbocycles. The van der Waals surface area contributed by atoms with Crippen LogP contribution in [0.3, 0.4) is 0 Å². The molecule has 0 saturated heterocycles. The van der Waals surface area contributed by atoms with Crippen molar-refractivity contribution in [1.82, 2.24) is 0 Å². The Balaban J connectivity index is 0.